The molecule has 0 radical (unpaired) electrons. The first-order chi connectivity index (χ1) is 20.6. The van der Waals surface area contributed by atoms with Gasteiger partial charge in [0, 0.05) is 35.7 Å². The van der Waals surface area contributed by atoms with Gasteiger partial charge in [-0.25, -0.2) is 8.42 Å². The number of esters is 2. The monoisotopic (exact) mass is 612 g/mol. The smallest absolute Gasteiger partial charge is 0.326 e. The molecule has 3 aromatic carbocycles. The molecule has 0 N–H and O–H groups in total. The van der Waals surface area contributed by atoms with Crippen molar-refractivity contribution in [3.63, 3.8) is 0 Å². The number of rotatable bonds is 15. The van der Waals surface area contributed by atoms with Crippen LogP contribution in [-0.4, -0.2) is 81.1 Å². The molecule has 0 aromatic heterocycles. The molecule has 11 nitrogen and oxygen atoms in total. The van der Waals surface area contributed by atoms with Crippen LogP contribution in [0.5, 0.6) is 11.5 Å². The third-order valence-corrected chi connectivity index (χ3v) is 8.46. The van der Waals surface area contributed by atoms with Crippen molar-refractivity contribution in [3.05, 3.63) is 54.6 Å². The minimum Gasteiger partial charge on any atom is -0.493 e. The summed E-state index contributed by atoms with van der Waals surface area (Å²) in [5.74, 6) is 2.01. The van der Waals surface area contributed by atoms with Gasteiger partial charge in [-0.1, -0.05) is 30.2 Å². The topological polar surface area (TPSA) is 121 Å². The van der Waals surface area contributed by atoms with E-state index in [1.54, 1.807) is 30.3 Å². The van der Waals surface area contributed by atoms with Crippen molar-refractivity contribution in [2.75, 3.05) is 63.9 Å². The lowest BCUT2D eigenvalue weighted by atomic mass is 10.0. The van der Waals surface area contributed by atoms with Crippen molar-refractivity contribution < 1.29 is 41.7 Å². The number of methoxy groups -OCH3 is 4. The Hall–Kier alpha value is -4.47. The molecule has 0 aliphatic carbocycles. The molecular formula is C31H36N2O9S. The van der Waals surface area contributed by atoms with E-state index < -0.39 is 28.5 Å². The van der Waals surface area contributed by atoms with Crippen LogP contribution in [0.25, 0.3) is 10.8 Å². The summed E-state index contributed by atoms with van der Waals surface area (Å²) in [4.78, 5) is 26.3. The molecule has 230 valence electrons. The molecule has 0 amide bonds. The van der Waals surface area contributed by atoms with Crippen LogP contribution >= 0.6 is 0 Å². The molecule has 12 heteroatoms. The van der Waals surface area contributed by atoms with Crippen LogP contribution < -0.4 is 18.7 Å². The molecule has 0 unspecified atom stereocenters. The number of ether oxygens (including phenoxy) is 5. The third kappa shape index (κ3) is 7.68. The predicted octanol–water partition coefficient (Wildman–Crippen LogP) is 3.63. The Kier molecular flexibility index (Phi) is 11.6. The number of fused-ring (bicyclic) bond motifs is 1. The summed E-state index contributed by atoms with van der Waals surface area (Å²) in [5.41, 5.74) is 0.925. The van der Waals surface area contributed by atoms with Gasteiger partial charge < -0.3 is 28.6 Å². The maximum atomic E-state index is 14.2. The van der Waals surface area contributed by atoms with E-state index in [1.165, 1.54) is 46.6 Å². The van der Waals surface area contributed by atoms with Crippen LogP contribution in [0.4, 0.5) is 11.4 Å². The second-order valence-corrected chi connectivity index (χ2v) is 11.2. The van der Waals surface area contributed by atoms with E-state index >= 15 is 0 Å². The van der Waals surface area contributed by atoms with E-state index in [0.717, 1.165) is 4.31 Å². The molecule has 0 heterocycles. The second-order valence-electron chi connectivity index (χ2n) is 9.35. The summed E-state index contributed by atoms with van der Waals surface area (Å²) in [6.45, 7) is 2.01. The molecule has 0 fully saturated rings. The highest BCUT2D eigenvalue weighted by Gasteiger charge is 2.31. The van der Waals surface area contributed by atoms with Gasteiger partial charge in [0.15, 0.2) is 11.5 Å². The van der Waals surface area contributed by atoms with Crippen LogP contribution in [0.2, 0.25) is 0 Å². The zero-order chi connectivity index (χ0) is 31.6. The van der Waals surface area contributed by atoms with E-state index in [2.05, 4.69) is 5.92 Å². The van der Waals surface area contributed by atoms with Crippen molar-refractivity contribution >= 4 is 44.1 Å². The Labute approximate surface area is 252 Å². The number of hydrogen-bond acceptors (Lipinski definition) is 10. The summed E-state index contributed by atoms with van der Waals surface area (Å²) in [5, 5.41) is 1.20. The van der Waals surface area contributed by atoms with Crippen molar-refractivity contribution in [2.45, 2.75) is 24.3 Å². The summed E-state index contributed by atoms with van der Waals surface area (Å²) >= 11 is 0. The summed E-state index contributed by atoms with van der Waals surface area (Å²) in [6, 6.07) is 14.3. The molecule has 0 aliphatic heterocycles. The number of terminal acetylenes is 1. The second kappa shape index (κ2) is 15.1. The molecule has 0 saturated carbocycles. The van der Waals surface area contributed by atoms with E-state index in [9.17, 15) is 18.0 Å². The first-order valence-electron chi connectivity index (χ1n) is 13.3. The first kappa shape index (κ1) is 33.0. The van der Waals surface area contributed by atoms with Gasteiger partial charge >= 0.3 is 11.9 Å². The number of benzene rings is 3. The highest BCUT2D eigenvalue weighted by molar-refractivity contribution is 7.92. The maximum absolute atomic E-state index is 14.2. The summed E-state index contributed by atoms with van der Waals surface area (Å²) < 4.78 is 55.1. The standard InChI is InChI=1S/C31H36N2O9S/c1-7-16-32(22(2)19-30(34)40-5)26-13-14-27(25-11-9-8-10-24(25)26)33(21-31(35)41-6)43(36,37)23-12-15-28(29(20-23)39-4)42-18-17-38-3/h1,8-15,20,22H,16-19,21H2,2-6H3/t22-/m0/s1. The number of anilines is 2. The Morgan fingerprint density at radius 2 is 1.53 bits per heavy atom. The van der Waals surface area contributed by atoms with Gasteiger partial charge in [-0.15, -0.1) is 6.42 Å². The van der Waals surface area contributed by atoms with Crippen molar-refractivity contribution in [1.29, 1.82) is 0 Å². The Bertz CT molecular complexity index is 1580. The molecule has 43 heavy (non-hydrogen) atoms. The van der Waals surface area contributed by atoms with Gasteiger partial charge in [-0.3, -0.25) is 13.9 Å². The highest BCUT2D eigenvalue weighted by atomic mass is 32.2. The lowest BCUT2D eigenvalue weighted by molar-refractivity contribution is -0.141. The maximum Gasteiger partial charge on any atom is 0.326 e. The van der Waals surface area contributed by atoms with Crippen molar-refractivity contribution in [2.24, 2.45) is 0 Å². The zero-order valence-electron chi connectivity index (χ0n) is 24.9. The molecular weight excluding hydrogens is 576 g/mol. The Morgan fingerprint density at radius 3 is 2.14 bits per heavy atom. The largest absolute Gasteiger partial charge is 0.493 e. The fourth-order valence-electron chi connectivity index (χ4n) is 4.52. The quantitative estimate of drug-likeness (QED) is 0.143. The van der Waals surface area contributed by atoms with E-state index in [1.807, 2.05) is 17.9 Å². The van der Waals surface area contributed by atoms with Gasteiger partial charge in [-0.2, -0.15) is 0 Å². The fourth-order valence-corrected chi connectivity index (χ4v) is 5.96. The van der Waals surface area contributed by atoms with Crippen LogP contribution in [0, 0.1) is 12.3 Å². The molecule has 0 bridgehead atoms. The van der Waals surface area contributed by atoms with Crippen LogP contribution in [0.1, 0.15) is 13.3 Å². The molecule has 3 aromatic rings. The lowest BCUT2D eigenvalue weighted by Crippen LogP contribution is -2.37. The van der Waals surface area contributed by atoms with Crippen molar-refractivity contribution in [3.8, 4) is 23.8 Å². The zero-order valence-corrected chi connectivity index (χ0v) is 25.7. The molecule has 0 spiro atoms. The normalized spacial score (nSPS) is 11.7. The summed E-state index contributed by atoms with van der Waals surface area (Å²) in [6.07, 6.45) is 5.77. The van der Waals surface area contributed by atoms with Crippen molar-refractivity contribution in [1.82, 2.24) is 0 Å². The summed E-state index contributed by atoms with van der Waals surface area (Å²) in [7, 11) is 1.10. The number of carbonyl (C=O) groups is 2. The van der Waals surface area contributed by atoms with E-state index in [4.69, 9.17) is 30.1 Å². The Morgan fingerprint density at radius 1 is 0.884 bits per heavy atom. The first-order valence-corrected chi connectivity index (χ1v) is 14.7. The SMILES string of the molecule is C#CCN(c1ccc(N(CC(=O)OC)S(=O)(=O)c2ccc(OCCOC)c(OC)c2)c2ccccc12)[C@@H](C)CC(=O)OC. The number of hydrogen-bond donors (Lipinski definition) is 0. The van der Waals surface area contributed by atoms with Gasteiger partial charge in [0.1, 0.15) is 13.2 Å². The third-order valence-electron chi connectivity index (χ3n) is 6.71. The number of nitrogens with zero attached hydrogens (tertiary/aromatic N) is 2. The minimum absolute atomic E-state index is 0.0874. The fraction of sp³-hybridized carbons (Fsp3) is 0.355. The average molecular weight is 613 g/mol. The molecule has 3 rings (SSSR count). The van der Waals surface area contributed by atoms with Crippen LogP contribution in [0.15, 0.2) is 59.5 Å². The number of sulfonamides is 1. The van der Waals surface area contributed by atoms with E-state index in [0.29, 0.717) is 28.8 Å². The van der Waals surface area contributed by atoms with Gasteiger partial charge in [0.25, 0.3) is 10.0 Å². The van der Waals surface area contributed by atoms with Gasteiger partial charge in [-0.05, 0) is 31.2 Å². The average Bonchev–Trinajstić information content (AvgIpc) is 3.02. The lowest BCUT2D eigenvalue weighted by Gasteiger charge is -2.32. The van der Waals surface area contributed by atoms with Crippen LogP contribution in [-0.2, 0) is 33.8 Å². The highest BCUT2D eigenvalue weighted by Crippen LogP contribution is 2.38. The molecule has 0 aliphatic rings. The van der Waals surface area contributed by atoms with Gasteiger partial charge in [0.2, 0.25) is 0 Å². The number of carbonyl (C=O) groups excluding carboxylic acids is 2. The predicted molar refractivity (Wildman–Crippen MR) is 163 cm³/mol. The molecule has 1 atom stereocenters. The minimum atomic E-state index is -4.34. The van der Waals surface area contributed by atoms with E-state index in [-0.39, 0.29) is 41.9 Å². The van der Waals surface area contributed by atoms with Gasteiger partial charge in [0.05, 0.1) is 51.5 Å². The van der Waals surface area contributed by atoms with Crippen LogP contribution in [0.3, 0.4) is 0 Å². The Balaban J connectivity index is 2.18. The molecule has 0 saturated heterocycles.